The standard InChI is InChI=1S/C17H18FNO3/c18-13-5-1-10(2-6-13)7-8-19-16(20)14-11-3-4-12(9-11)15(14)17(21)22/h1-6,11-12,14-15H,7-9H2,(H,19,20)(H,21,22)/p-1/t11-,12+,14+,15+/m0/s1. The van der Waals surface area contributed by atoms with Crippen molar-refractivity contribution in [1.29, 1.82) is 0 Å². The van der Waals surface area contributed by atoms with Crippen LogP contribution >= 0.6 is 0 Å². The number of carboxylic acid groups (broad SMARTS) is 1. The molecule has 2 bridgehead atoms. The zero-order valence-corrected chi connectivity index (χ0v) is 12.0. The van der Waals surface area contributed by atoms with Gasteiger partial charge in [0.2, 0.25) is 5.91 Å². The maximum absolute atomic E-state index is 12.8. The summed E-state index contributed by atoms with van der Waals surface area (Å²) in [5.74, 6) is -3.00. The minimum atomic E-state index is -1.14. The van der Waals surface area contributed by atoms with Gasteiger partial charge in [0.05, 0.1) is 5.92 Å². The predicted octanol–water partition coefficient (Wildman–Crippen LogP) is 0.673. The summed E-state index contributed by atoms with van der Waals surface area (Å²) < 4.78 is 12.8. The van der Waals surface area contributed by atoms with Crippen LogP contribution in [-0.2, 0) is 16.0 Å². The van der Waals surface area contributed by atoms with Crippen molar-refractivity contribution in [3.8, 4) is 0 Å². The molecule has 0 saturated heterocycles. The number of hydrogen-bond acceptors (Lipinski definition) is 3. The molecule has 0 radical (unpaired) electrons. The van der Waals surface area contributed by atoms with Crippen molar-refractivity contribution in [3.63, 3.8) is 0 Å². The Bertz CT molecular complexity index is 611. The lowest BCUT2D eigenvalue weighted by molar-refractivity contribution is -0.313. The molecule has 1 aromatic rings. The van der Waals surface area contributed by atoms with Crippen molar-refractivity contribution in [2.45, 2.75) is 12.8 Å². The van der Waals surface area contributed by atoms with Gasteiger partial charge in [0.25, 0.3) is 0 Å². The van der Waals surface area contributed by atoms with Gasteiger partial charge in [-0.05, 0) is 42.4 Å². The summed E-state index contributed by atoms with van der Waals surface area (Å²) in [6.07, 6.45) is 5.12. The fourth-order valence-corrected chi connectivity index (χ4v) is 3.60. The lowest BCUT2D eigenvalue weighted by Gasteiger charge is -2.27. The number of allylic oxidation sites excluding steroid dienone is 2. The van der Waals surface area contributed by atoms with Gasteiger partial charge < -0.3 is 15.2 Å². The van der Waals surface area contributed by atoms with Gasteiger partial charge in [0.1, 0.15) is 5.82 Å². The zero-order chi connectivity index (χ0) is 15.7. The molecule has 2 aliphatic rings. The van der Waals surface area contributed by atoms with Crippen LogP contribution in [0.5, 0.6) is 0 Å². The third-order valence-electron chi connectivity index (χ3n) is 4.66. The molecular weight excluding hydrogens is 285 g/mol. The molecule has 116 valence electrons. The van der Waals surface area contributed by atoms with Crippen LogP contribution in [0.2, 0.25) is 0 Å². The van der Waals surface area contributed by atoms with E-state index in [-0.39, 0.29) is 23.6 Å². The van der Waals surface area contributed by atoms with Gasteiger partial charge in [0, 0.05) is 18.4 Å². The molecule has 0 unspecified atom stereocenters. The number of carboxylic acids is 1. The van der Waals surface area contributed by atoms with Crippen LogP contribution in [0.1, 0.15) is 12.0 Å². The van der Waals surface area contributed by atoms with Gasteiger partial charge >= 0.3 is 0 Å². The summed E-state index contributed by atoms with van der Waals surface area (Å²) in [6, 6.07) is 6.10. The second kappa shape index (κ2) is 5.91. The first-order valence-corrected chi connectivity index (χ1v) is 7.47. The average Bonchev–Trinajstić information content (AvgIpc) is 3.09. The summed E-state index contributed by atoms with van der Waals surface area (Å²) in [5.41, 5.74) is 0.922. The fraction of sp³-hybridized carbons (Fsp3) is 0.412. The number of benzene rings is 1. The smallest absolute Gasteiger partial charge is 0.224 e. The Morgan fingerprint density at radius 1 is 1.14 bits per heavy atom. The first-order valence-electron chi connectivity index (χ1n) is 7.47. The molecule has 4 nitrogen and oxygen atoms in total. The second-order valence-corrected chi connectivity index (χ2v) is 5.99. The first kappa shape index (κ1) is 14.8. The molecule has 22 heavy (non-hydrogen) atoms. The highest BCUT2D eigenvalue weighted by atomic mass is 19.1. The molecule has 1 N–H and O–H groups in total. The van der Waals surface area contributed by atoms with Gasteiger partial charge in [-0.1, -0.05) is 24.3 Å². The summed E-state index contributed by atoms with van der Waals surface area (Å²) in [4.78, 5) is 23.6. The lowest BCUT2D eigenvalue weighted by atomic mass is 9.82. The Labute approximate surface area is 128 Å². The second-order valence-electron chi connectivity index (χ2n) is 5.99. The van der Waals surface area contributed by atoms with E-state index in [1.54, 1.807) is 12.1 Å². The SMILES string of the molecule is O=C([O-])[C@H]1[C@H](C(=O)NCCc2ccc(F)cc2)[C@H]2C=C[C@@H]1C2. The molecule has 1 amide bonds. The normalized spacial score (nSPS) is 28.8. The van der Waals surface area contributed by atoms with E-state index in [0.717, 1.165) is 5.56 Å². The van der Waals surface area contributed by atoms with Crippen molar-refractivity contribution in [2.24, 2.45) is 23.7 Å². The van der Waals surface area contributed by atoms with E-state index in [2.05, 4.69) is 5.32 Å². The maximum Gasteiger partial charge on any atom is 0.224 e. The van der Waals surface area contributed by atoms with Crippen LogP contribution in [0, 0.1) is 29.5 Å². The number of rotatable bonds is 5. The van der Waals surface area contributed by atoms with Gasteiger partial charge in [-0.15, -0.1) is 0 Å². The van der Waals surface area contributed by atoms with Crippen molar-refractivity contribution >= 4 is 11.9 Å². The molecule has 0 aliphatic heterocycles. The molecule has 1 aromatic carbocycles. The topological polar surface area (TPSA) is 69.2 Å². The molecule has 1 fully saturated rings. The van der Waals surface area contributed by atoms with Gasteiger partial charge in [-0.25, -0.2) is 4.39 Å². The minimum Gasteiger partial charge on any atom is -0.550 e. The highest BCUT2D eigenvalue weighted by Gasteiger charge is 2.48. The van der Waals surface area contributed by atoms with E-state index in [0.29, 0.717) is 19.4 Å². The number of hydrogen-bond donors (Lipinski definition) is 1. The molecule has 3 rings (SSSR count). The molecule has 0 aromatic heterocycles. The molecule has 0 spiro atoms. The molecule has 1 saturated carbocycles. The van der Waals surface area contributed by atoms with Gasteiger partial charge in [-0.2, -0.15) is 0 Å². The van der Waals surface area contributed by atoms with E-state index in [1.165, 1.54) is 12.1 Å². The van der Waals surface area contributed by atoms with Crippen LogP contribution < -0.4 is 10.4 Å². The largest absolute Gasteiger partial charge is 0.550 e. The van der Waals surface area contributed by atoms with Crippen LogP contribution in [0.4, 0.5) is 4.39 Å². The van der Waals surface area contributed by atoms with Crippen LogP contribution in [0.3, 0.4) is 0 Å². The van der Waals surface area contributed by atoms with Crippen LogP contribution in [-0.4, -0.2) is 18.4 Å². The van der Waals surface area contributed by atoms with E-state index in [1.807, 2.05) is 12.2 Å². The predicted molar refractivity (Wildman–Crippen MR) is 75.8 cm³/mol. The summed E-state index contributed by atoms with van der Waals surface area (Å²) >= 11 is 0. The molecule has 0 heterocycles. The molecular formula is C17H17FNO3-. The molecule has 4 atom stereocenters. The number of amides is 1. The van der Waals surface area contributed by atoms with E-state index < -0.39 is 17.8 Å². The maximum atomic E-state index is 12.8. The van der Waals surface area contributed by atoms with Crippen LogP contribution in [0.25, 0.3) is 0 Å². The summed E-state index contributed by atoms with van der Waals surface area (Å²) in [5, 5.41) is 14.1. The van der Waals surface area contributed by atoms with E-state index >= 15 is 0 Å². The van der Waals surface area contributed by atoms with Crippen molar-refractivity contribution in [1.82, 2.24) is 5.32 Å². The molecule has 5 heteroatoms. The van der Waals surface area contributed by atoms with Crippen molar-refractivity contribution < 1.29 is 19.1 Å². The number of aliphatic carboxylic acids is 1. The number of carbonyl (C=O) groups is 2. The van der Waals surface area contributed by atoms with Crippen LogP contribution in [0.15, 0.2) is 36.4 Å². The summed E-state index contributed by atoms with van der Waals surface area (Å²) in [7, 11) is 0. The quantitative estimate of drug-likeness (QED) is 0.813. The first-order chi connectivity index (χ1) is 10.6. The van der Waals surface area contributed by atoms with Crippen molar-refractivity contribution in [2.75, 3.05) is 6.54 Å². The Morgan fingerprint density at radius 3 is 2.41 bits per heavy atom. The third-order valence-corrected chi connectivity index (χ3v) is 4.66. The van der Waals surface area contributed by atoms with E-state index in [9.17, 15) is 19.1 Å². The lowest BCUT2D eigenvalue weighted by Crippen LogP contribution is -2.45. The van der Waals surface area contributed by atoms with Gasteiger partial charge in [0.15, 0.2) is 0 Å². The monoisotopic (exact) mass is 302 g/mol. The van der Waals surface area contributed by atoms with E-state index in [4.69, 9.17) is 0 Å². The number of carbonyl (C=O) groups excluding carboxylic acids is 2. The fourth-order valence-electron chi connectivity index (χ4n) is 3.60. The Hall–Kier alpha value is -2.17. The summed E-state index contributed by atoms with van der Waals surface area (Å²) in [6.45, 7) is 0.405. The number of halogens is 1. The highest BCUT2D eigenvalue weighted by molar-refractivity contribution is 5.86. The Kier molecular flexibility index (Phi) is 3.96. The zero-order valence-electron chi connectivity index (χ0n) is 12.0. The van der Waals surface area contributed by atoms with Gasteiger partial charge in [-0.3, -0.25) is 4.79 Å². The van der Waals surface area contributed by atoms with Crippen molar-refractivity contribution in [3.05, 3.63) is 47.8 Å². The Morgan fingerprint density at radius 2 is 1.77 bits per heavy atom. The highest BCUT2D eigenvalue weighted by Crippen LogP contribution is 2.47. The number of nitrogens with one attached hydrogen (secondary N) is 1. The Balaban J connectivity index is 1.56. The number of fused-ring (bicyclic) bond motifs is 2. The average molecular weight is 302 g/mol. The minimum absolute atomic E-state index is 0.00118. The molecule has 2 aliphatic carbocycles. The third kappa shape index (κ3) is 2.75.